The van der Waals surface area contributed by atoms with Crippen LogP contribution in [0.4, 0.5) is 10.2 Å². The molecule has 1 aromatic heterocycles. The van der Waals surface area contributed by atoms with Gasteiger partial charge in [0.25, 0.3) is 11.5 Å². The number of carbonyl (C=O) groups excluding carboxylic acids is 1. The van der Waals surface area contributed by atoms with Crippen LogP contribution in [0.5, 0.6) is 0 Å². The lowest BCUT2D eigenvalue weighted by molar-refractivity contribution is -0.121. The topological polar surface area (TPSA) is 38.1 Å². The molecule has 15 heavy (non-hydrogen) atoms. The van der Waals surface area contributed by atoms with Gasteiger partial charge in [0.15, 0.2) is 0 Å². The van der Waals surface area contributed by atoms with Crippen molar-refractivity contribution in [2.24, 2.45) is 5.92 Å². The van der Waals surface area contributed by atoms with Gasteiger partial charge in [-0.2, -0.15) is 5.10 Å². The average Bonchev–Trinajstić information content (AvgIpc) is 2.62. The first kappa shape index (κ1) is 10.4. The van der Waals surface area contributed by atoms with Crippen molar-refractivity contribution in [2.75, 3.05) is 11.4 Å². The van der Waals surface area contributed by atoms with Crippen LogP contribution in [0.15, 0.2) is 12.3 Å². The molecule has 1 aromatic rings. The van der Waals surface area contributed by atoms with E-state index in [2.05, 4.69) is 5.10 Å². The molecular weight excluding hydrogens is 221 g/mol. The molecule has 4 nitrogen and oxygen atoms in total. The number of nitrogens with zero attached hydrogens (tertiary/aromatic N) is 3. The third kappa shape index (κ3) is 1.84. The van der Waals surface area contributed by atoms with Crippen molar-refractivity contribution in [1.82, 2.24) is 9.78 Å². The fourth-order valence-electron chi connectivity index (χ4n) is 1.77. The Kier molecular flexibility index (Phi) is 2.65. The van der Waals surface area contributed by atoms with Crippen molar-refractivity contribution in [3.63, 3.8) is 0 Å². The van der Waals surface area contributed by atoms with Crippen molar-refractivity contribution in [1.29, 1.82) is 0 Å². The molecule has 2 unspecified atom stereocenters. The zero-order valence-electron chi connectivity index (χ0n) is 8.23. The standard InChI is InChI=1S/C9H11ClFN3O/c1-6-4-13(9(15)8(10)11)7-2-3-12-14(7)5-6/h2-3,6,8H,4-5H2,1H3. The molecular formula is C9H11ClFN3O. The molecule has 1 amide bonds. The Morgan fingerprint density at radius 1 is 1.73 bits per heavy atom. The summed E-state index contributed by atoms with van der Waals surface area (Å²) >= 11 is 5.16. The van der Waals surface area contributed by atoms with Gasteiger partial charge in [0.05, 0.1) is 6.20 Å². The fourth-order valence-corrected chi connectivity index (χ4v) is 1.89. The SMILES string of the molecule is CC1CN(C(=O)C(F)Cl)c2ccnn2C1. The third-order valence-corrected chi connectivity index (χ3v) is 2.59. The van der Waals surface area contributed by atoms with Gasteiger partial charge in [-0.25, -0.2) is 9.07 Å². The lowest BCUT2D eigenvalue weighted by Crippen LogP contribution is -2.44. The highest BCUT2D eigenvalue weighted by atomic mass is 35.5. The molecule has 0 aromatic carbocycles. The van der Waals surface area contributed by atoms with Gasteiger partial charge in [-0.3, -0.25) is 9.69 Å². The number of halogens is 2. The van der Waals surface area contributed by atoms with Crippen molar-refractivity contribution in [2.45, 2.75) is 19.1 Å². The summed E-state index contributed by atoms with van der Waals surface area (Å²) in [5, 5.41) is 4.06. The molecule has 82 valence electrons. The number of alkyl halides is 2. The van der Waals surface area contributed by atoms with Crippen molar-refractivity contribution < 1.29 is 9.18 Å². The van der Waals surface area contributed by atoms with E-state index in [1.807, 2.05) is 6.92 Å². The summed E-state index contributed by atoms with van der Waals surface area (Å²) in [7, 11) is 0. The average molecular weight is 232 g/mol. The van der Waals surface area contributed by atoms with Crippen LogP contribution in [0.1, 0.15) is 6.92 Å². The summed E-state index contributed by atoms with van der Waals surface area (Å²) in [6.45, 7) is 3.20. The Hall–Kier alpha value is -1.10. The number of amides is 1. The molecule has 1 aliphatic heterocycles. The summed E-state index contributed by atoms with van der Waals surface area (Å²) in [5.41, 5.74) is -1.99. The second-order valence-electron chi connectivity index (χ2n) is 3.73. The van der Waals surface area contributed by atoms with E-state index < -0.39 is 11.5 Å². The Bertz CT molecular complexity index is 379. The molecule has 0 saturated carbocycles. The molecule has 1 aliphatic rings. The Morgan fingerprint density at radius 2 is 2.47 bits per heavy atom. The maximum Gasteiger partial charge on any atom is 0.278 e. The van der Waals surface area contributed by atoms with Crippen LogP contribution in [0.3, 0.4) is 0 Å². The molecule has 2 atom stereocenters. The second kappa shape index (κ2) is 3.81. The maximum atomic E-state index is 12.8. The smallest absolute Gasteiger partial charge is 0.278 e. The van der Waals surface area contributed by atoms with E-state index in [1.165, 1.54) is 4.90 Å². The second-order valence-corrected chi connectivity index (χ2v) is 4.11. The number of aromatic nitrogens is 2. The van der Waals surface area contributed by atoms with E-state index in [1.54, 1.807) is 16.9 Å². The van der Waals surface area contributed by atoms with Crippen molar-refractivity contribution >= 4 is 23.3 Å². The van der Waals surface area contributed by atoms with Gasteiger partial charge in [0.2, 0.25) is 0 Å². The molecule has 2 rings (SSSR count). The van der Waals surface area contributed by atoms with Crippen LogP contribution in [0, 0.1) is 5.92 Å². The predicted octanol–water partition coefficient (Wildman–Crippen LogP) is 1.40. The largest absolute Gasteiger partial charge is 0.293 e. The highest BCUT2D eigenvalue weighted by molar-refractivity contribution is 6.31. The van der Waals surface area contributed by atoms with E-state index in [9.17, 15) is 9.18 Å². The number of fused-ring (bicyclic) bond motifs is 1. The molecule has 0 radical (unpaired) electrons. The lowest BCUT2D eigenvalue weighted by Gasteiger charge is -2.31. The fraction of sp³-hybridized carbons (Fsp3) is 0.556. The zero-order chi connectivity index (χ0) is 11.0. The van der Waals surface area contributed by atoms with Gasteiger partial charge in [-0.1, -0.05) is 18.5 Å². The minimum Gasteiger partial charge on any atom is -0.293 e. The summed E-state index contributed by atoms with van der Waals surface area (Å²) in [6, 6.07) is 1.68. The van der Waals surface area contributed by atoms with Gasteiger partial charge in [-0.15, -0.1) is 0 Å². The zero-order valence-corrected chi connectivity index (χ0v) is 8.99. The quantitative estimate of drug-likeness (QED) is 0.686. The highest BCUT2D eigenvalue weighted by Gasteiger charge is 2.30. The Labute approximate surface area is 91.6 Å². The molecule has 6 heteroatoms. The predicted molar refractivity (Wildman–Crippen MR) is 54.5 cm³/mol. The monoisotopic (exact) mass is 231 g/mol. The van der Waals surface area contributed by atoms with Gasteiger partial charge in [0.1, 0.15) is 5.82 Å². The van der Waals surface area contributed by atoms with Crippen LogP contribution in [-0.4, -0.2) is 27.9 Å². The first-order valence-corrected chi connectivity index (χ1v) is 5.14. The maximum absolute atomic E-state index is 12.8. The summed E-state index contributed by atoms with van der Waals surface area (Å²) in [4.78, 5) is 12.8. The molecule has 0 N–H and O–H groups in total. The lowest BCUT2D eigenvalue weighted by atomic mass is 10.1. The van der Waals surface area contributed by atoms with E-state index in [-0.39, 0.29) is 5.92 Å². The van der Waals surface area contributed by atoms with Gasteiger partial charge >= 0.3 is 0 Å². The van der Waals surface area contributed by atoms with Crippen LogP contribution in [-0.2, 0) is 11.3 Å². The minimum atomic E-state index is -1.99. The van der Waals surface area contributed by atoms with E-state index in [4.69, 9.17) is 11.6 Å². The molecule has 0 fully saturated rings. The van der Waals surface area contributed by atoms with Crippen molar-refractivity contribution in [3.8, 4) is 0 Å². The number of hydrogen-bond donors (Lipinski definition) is 0. The summed E-state index contributed by atoms with van der Waals surface area (Å²) < 4.78 is 14.4. The molecule has 0 spiro atoms. The van der Waals surface area contributed by atoms with Crippen LogP contribution >= 0.6 is 11.6 Å². The van der Waals surface area contributed by atoms with Crippen LogP contribution < -0.4 is 4.90 Å². The normalized spacial score (nSPS) is 22.3. The summed E-state index contributed by atoms with van der Waals surface area (Å²) in [5.74, 6) is 0.142. The first-order valence-electron chi connectivity index (χ1n) is 4.71. The summed E-state index contributed by atoms with van der Waals surface area (Å²) in [6.07, 6.45) is 1.59. The molecule has 0 bridgehead atoms. The van der Waals surface area contributed by atoms with E-state index in [0.29, 0.717) is 12.4 Å². The molecule has 0 saturated heterocycles. The Morgan fingerprint density at radius 3 is 3.13 bits per heavy atom. The van der Waals surface area contributed by atoms with Gasteiger partial charge in [0, 0.05) is 19.2 Å². The number of hydrogen-bond acceptors (Lipinski definition) is 2. The van der Waals surface area contributed by atoms with Gasteiger partial charge in [-0.05, 0) is 5.92 Å². The van der Waals surface area contributed by atoms with E-state index in [0.717, 1.165) is 6.54 Å². The van der Waals surface area contributed by atoms with Crippen LogP contribution in [0.2, 0.25) is 0 Å². The molecule has 0 aliphatic carbocycles. The number of rotatable bonds is 1. The van der Waals surface area contributed by atoms with E-state index >= 15 is 0 Å². The molecule has 2 heterocycles. The minimum absolute atomic E-state index is 0.247. The first-order chi connectivity index (χ1) is 7.09. The third-order valence-electron chi connectivity index (χ3n) is 2.40. The Balaban J connectivity index is 2.31. The van der Waals surface area contributed by atoms with Crippen LogP contribution in [0.25, 0.3) is 0 Å². The number of carbonyl (C=O) groups is 1. The van der Waals surface area contributed by atoms with Crippen molar-refractivity contribution in [3.05, 3.63) is 12.3 Å². The highest BCUT2D eigenvalue weighted by Crippen LogP contribution is 2.24. The number of anilines is 1. The van der Waals surface area contributed by atoms with Gasteiger partial charge < -0.3 is 0 Å².